The summed E-state index contributed by atoms with van der Waals surface area (Å²) in [7, 11) is 0. The highest BCUT2D eigenvalue weighted by Crippen LogP contribution is 2.57. The highest BCUT2D eigenvalue weighted by molar-refractivity contribution is 5.81. The minimum absolute atomic E-state index is 0.0972. The van der Waals surface area contributed by atoms with Gasteiger partial charge in [0.2, 0.25) is 0 Å². The maximum atomic E-state index is 11.4. The normalized spacial score (nSPS) is 26.1. The lowest BCUT2D eigenvalue weighted by Crippen LogP contribution is -2.52. The first-order valence-electron chi connectivity index (χ1n) is 13.5. The van der Waals surface area contributed by atoms with Gasteiger partial charge >= 0.3 is 5.97 Å². The number of carbonyl (C=O) groups is 1. The van der Waals surface area contributed by atoms with Crippen molar-refractivity contribution in [3.63, 3.8) is 0 Å². The Morgan fingerprint density at radius 3 is 1.89 bits per heavy atom. The van der Waals surface area contributed by atoms with Crippen LogP contribution in [0.1, 0.15) is 75.0 Å². The van der Waals surface area contributed by atoms with Gasteiger partial charge in [-0.05, 0) is 97.9 Å². The van der Waals surface area contributed by atoms with Crippen molar-refractivity contribution >= 4 is 18.1 Å². The quantitative estimate of drug-likeness (QED) is 0.234. The van der Waals surface area contributed by atoms with Crippen molar-refractivity contribution in [2.45, 2.75) is 70.3 Å². The van der Waals surface area contributed by atoms with E-state index in [1.165, 1.54) is 55.7 Å². The van der Waals surface area contributed by atoms with Crippen LogP contribution in [0.2, 0.25) is 0 Å². The molecule has 0 aliphatic heterocycles. The zero-order valence-electron chi connectivity index (χ0n) is 21.6. The molecule has 190 valence electrons. The molecular weight excluding hydrogens is 444 g/mol. The topological polar surface area (TPSA) is 46.5 Å². The highest BCUT2D eigenvalue weighted by Gasteiger charge is 2.52. The number of ether oxygens (including phenoxy) is 1. The fraction of sp³-hybridized carbons (Fsp3) is 0.424. The zero-order valence-corrected chi connectivity index (χ0v) is 21.6. The monoisotopic (exact) mass is 484 g/mol. The van der Waals surface area contributed by atoms with E-state index < -0.39 is 0 Å². The molecule has 4 bridgehead atoms. The van der Waals surface area contributed by atoms with Gasteiger partial charge in [0.25, 0.3) is 0 Å². The average Bonchev–Trinajstić information content (AvgIpc) is 2.86. The molecule has 2 aromatic carbocycles. The van der Waals surface area contributed by atoms with E-state index in [1.54, 1.807) is 12.1 Å². The predicted octanol–water partition coefficient (Wildman–Crippen LogP) is 8.15. The molecule has 4 aliphatic rings. The number of phenols is 1. The summed E-state index contributed by atoms with van der Waals surface area (Å²) < 4.78 is 5.64. The van der Waals surface area contributed by atoms with Crippen molar-refractivity contribution in [3.05, 3.63) is 90.0 Å². The molecule has 0 unspecified atom stereocenters. The van der Waals surface area contributed by atoms with E-state index in [0.717, 1.165) is 42.6 Å². The number of hydrogen-bond donors (Lipinski definition) is 1. The van der Waals surface area contributed by atoms with Gasteiger partial charge in [-0.25, -0.2) is 4.79 Å². The Balaban J connectivity index is 0.000000178. The maximum Gasteiger partial charge on any atom is 0.330 e. The largest absolute Gasteiger partial charge is 0.508 e. The van der Waals surface area contributed by atoms with Gasteiger partial charge in [0.05, 0.1) is 0 Å². The summed E-state index contributed by atoms with van der Waals surface area (Å²) in [5.74, 6) is 2.56. The second kappa shape index (κ2) is 12.3. The van der Waals surface area contributed by atoms with Crippen LogP contribution in [-0.4, -0.2) is 16.7 Å². The van der Waals surface area contributed by atoms with Crippen LogP contribution in [0.5, 0.6) is 5.75 Å². The van der Waals surface area contributed by atoms with Crippen molar-refractivity contribution < 1.29 is 14.6 Å². The SMILES string of the molecule is C=CC(=O)OC12CC3CC(CC(C3)C1)C2.CCCCc1ccc(C=CC=Cc2ccc(O)cc2)cc1. The predicted molar refractivity (Wildman–Crippen MR) is 148 cm³/mol. The van der Waals surface area contributed by atoms with Crippen LogP contribution in [0.25, 0.3) is 12.2 Å². The standard InChI is InChI=1S/C20H22O.C13H18O2/c1-2-3-6-17-9-11-18(12-10-17)7-4-5-8-19-13-15-20(21)16-14-19;1-2-12(14)15-13-6-9-3-10(7-13)5-11(4-9)8-13/h4-5,7-16,21H,2-3,6H2,1H3;2,9-11H,1,3-8H2. The number of benzene rings is 2. The van der Waals surface area contributed by atoms with Crippen LogP contribution in [-0.2, 0) is 16.0 Å². The molecule has 4 fully saturated rings. The van der Waals surface area contributed by atoms with Gasteiger partial charge < -0.3 is 9.84 Å². The molecule has 1 N–H and O–H groups in total. The number of aromatic hydroxyl groups is 1. The Morgan fingerprint density at radius 1 is 0.917 bits per heavy atom. The van der Waals surface area contributed by atoms with E-state index in [0.29, 0.717) is 5.75 Å². The minimum atomic E-state index is -0.225. The van der Waals surface area contributed by atoms with Gasteiger partial charge in [-0.2, -0.15) is 0 Å². The van der Waals surface area contributed by atoms with E-state index in [9.17, 15) is 9.90 Å². The number of carbonyl (C=O) groups excluding carboxylic acids is 1. The van der Waals surface area contributed by atoms with Crippen molar-refractivity contribution in [1.82, 2.24) is 0 Å². The number of rotatable bonds is 8. The van der Waals surface area contributed by atoms with Crippen LogP contribution in [0.15, 0.2) is 73.3 Å². The molecule has 6 rings (SSSR count). The van der Waals surface area contributed by atoms with Gasteiger partial charge in [-0.3, -0.25) is 0 Å². The minimum Gasteiger partial charge on any atom is -0.508 e. The highest BCUT2D eigenvalue weighted by atomic mass is 16.6. The molecule has 4 saturated carbocycles. The average molecular weight is 485 g/mol. The summed E-state index contributed by atoms with van der Waals surface area (Å²) in [6.45, 7) is 5.70. The summed E-state index contributed by atoms with van der Waals surface area (Å²) in [5, 5.41) is 9.22. The van der Waals surface area contributed by atoms with E-state index in [2.05, 4.69) is 43.8 Å². The van der Waals surface area contributed by atoms with Gasteiger partial charge in [0, 0.05) is 6.08 Å². The molecule has 0 heterocycles. The van der Waals surface area contributed by atoms with Crippen LogP contribution >= 0.6 is 0 Å². The Kier molecular flexibility index (Phi) is 8.85. The molecule has 0 spiro atoms. The van der Waals surface area contributed by atoms with Crippen LogP contribution < -0.4 is 0 Å². The third-order valence-corrected chi connectivity index (χ3v) is 7.85. The molecule has 4 aliphatic carbocycles. The number of allylic oxidation sites excluding steroid dienone is 2. The lowest BCUT2D eigenvalue weighted by atomic mass is 9.54. The third kappa shape index (κ3) is 7.22. The summed E-state index contributed by atoms with van der Waals surface area (Å²) in [6.07, 6.45) is 20.6. The van der Waals surface area contributed by atoms with Gasteiger partial charge in [0.15, 0.2) is 0 Å². The summed E-state index contributed by atoms with van der Waals surface area (Å²) in [6, 6.07) is 15.9. The third-order valence-electron chi connectivity index (χ3n) is 7.85. The molecule has 0 radical (unpaired) electrons. The van der Waals surface area contributed by atoms with Gasteiger partial charge in [-0.1, -0.05) is 80.6 Å². The van der Waals surface area contributed by atoms with Gasteiger partial charge in [-0.15, -0.1) is 0 Å². The molecule has 0 atom stereocenters. The lowest BCUT2D eigenvalue weighted by molar-refractivity contribution is -0.181. The molecule has 0 aromatic heterocycles. The van der Waals surface area contributed by atoms with E-state index in [1.807, 2.05) is 30.4 Å². The second-order valence-electron chi connectivity index (χ2n) is 10.9. The number of hydrogen-bond acceptors (Lipinski definition) is 3. The molecule has 0 saturated heterocycles. The Morgan fingerprint density at radius 2 is 1.42 bits per heavy atom. The number of unbranched alkanes of at least 4 members (excludes halogenated alkanes) is 1. The van der Waals surface area contributed by atoms with E-state index in [-0.39, 0.29) is 11.6 Å². The smallest absolute Gasteiger partial charge is 0.330 e. The molecular formula is C33H40O3. The maximum absolute atomic E-state index is 11.4. The Bertz CT molecular complexity index is 1020. The number of aryl methyl sites for hydroxylation is 1. The zero-order chi connectivity index (χ0) is 25.4. The summed E-state index contributed by atoms with van der Waals surface area (Å²) >= 11 is 0. The molecule has 3 heteroatoms. The van der Waals surface area contributed by atoms with Gasteiger partial charge in [0.1, 0.15) is 11.4 Å². The van der Waals surface area contributed by atoms with Crippen molar-refractivity contribution in [2.75, 3.05) is 0 Å². The first kappa shape index (κ1) is 26.0. The summed E-state index contributed by atoms with van der Waals surface area (Å²) in [4.78, 5) is 11.4. The molecule has 2 aromatic rings. The van der Waals surface area contributed by atoms with Crippen LogP contribution in [0.3, 0.4) is 0 Å². The van der Waals surface area contributed by atoms with E-state index in [4.69, 9.17) is 4.74 Å². The Labute approximate surface area is 216 Å². The van der Waals surface area contributed by atoms with Crippen molar-refractivity contribution in [2.24, 2.45) is 17.8 Å². The van der Waals surface area contributed by atoms with E-state index >= 15 is 0 Å². The fourth-order valence-electron chi connectivity index (χ4n) is 6.51. The lowest BCUT2D eigenvalue weighted by Gasteiger charge is -2.55. The second-order valence-corrected chi connectivity index (χ2v) is 10.9. The number of esters is 1. The van der Waals surface area contributed by atoms with Crippen molar-refractivity contribution in [3.8, 4) is 5.75 Å². The molecule has 36 heavy (non-hydrogen) atoms. The van der Waals surface area contributed by atoms with Crippen molar-refractivity contribution in [1.29, 1.82) is 0 Å². The van der Waals surface area contributed by atoms with Crippen LogP contribution in [0, 0.1) is 17.8 Å². The number of phenolic OH excluding ortho intramolecular Hbond substituents is 1. The molecule has 3 nitrogen and oxygen atoms in total. The fourth-order valence-corrected chi connectivity index (χ4v) is 6.51. The van der Waals surface area contributed by atoms with Crippen LogP contribution in [0.4, 0.5) is 0 Å². The first-order valence-corrected chi connectivity index (χ1v) is 13.5. The summed E-state index contributed by atoms with van der Waals surface area (Å²) in [5.41, 5.74) is 3.60. The first-order chi connectivity index (χ1) is 17.5. The molecule has 0 amide bonds. The Hall–Kier alpha value is -3.07.